The summed E-state index contributed by atoms with van der Waals surface area (Å²) >= 11 is 0. The number of piperidine rings is 1. The van der Waals surface area contributed by atoms with Gasteiger partial charge in [0.25, 0.3) is 0 Å². The number of hydrogen-bond acceptors (Lipinski definition) is 3. The fourth-order valence-electron chi connectivity index (χ4n) is 2.17. The number of carbonyl (C=O) groups is 1. The standard InChI is InChI=1S/C11H13FN2O2/c12-10-8(2-1-4-14-10)7-3-5-13-6-9(7)11(15)16/h1-2,4,7,9,13H,3,5-6H2,(H,15,16). The molecule has 0 aliphatic carbocycles. The van der Waals surface area contributed by atoms with Crippen molar-refractivity contribution in [3.05, 3.63) is 29.8 Å². The van der Waals surface area contributed by atoms with Gasteiger partial charge in [-0.2, -0.15) is 4.39 Å². The zero-order chi connectivity index (χ0) is 11.5. The first-order valence-electron chi connectivity index (χ1n) is 5.24. The van der Waals surface area contributed by atoms with Gasteiger partial charge in [-0.25, -0.2) is 4.98 Å². The lowest BCUT2D eigenvalue weighted by atomic mass is 9.82. The highest BCUT2D eigenvalue weighted by Crippen LogP contribution is 2.31. The van der Waals surface area contributed by atoms with Crippen LogP contribution in [0.2, 0.25) is 0 Å². The van der Waals surface area contributed by atoms with Crippen LogP contribution in [0.1, 0.15) is 17.9 Å². The molecule has 5 heteroatoms. The first-order chi connectivity index (χ1) is 7.70. The quantitative estimate of drug-likeness (QED) is 0.736. The number of pyridine rings is 1. The molecular weight excluding hydrogens is 211 g/mol. The summed E-state index contributed by atoms with van der Waals surface area (Å²) in [6.45, 7) is 1.09. The molecule has 4 nitrogen and oxygen atoms in total. The first kappa shape index (κ1) is 11.0. The molecule has 2 heterocycles. The molecule has 1 fully saturated rings. The Morgan fingerprint density at radius 1 is 1.62 bits per heavy atom. The Kier molecular flexibility index (Phi) is 3.14. The van der Waals surface area contributed by atoms with Gasteiger partial charge in [0.15, 0.2) is 0 Å². The smallest absolute Gasteiger partial charge is 0.308 e. The summed E-state index contributed by atoms with van der Waals surface area (Å²) in [4.78, 5) is 14.6. The van der Waals surface area contributed by atoms with Crippen molar-refractivity contribution in [1.82, 2.24) is 10.3 Å². The van der Waals surface area contributed by atoms with Crippen LogP contribution in [0, 0.1) is 11.9 Å². The predicted molar refractivity (Wildman–Crippen MR) is 55.5 cm³/mol. The van der Waals surface area contributed by atoms with E-state index in [1.165, 1.54) is 6.20 Å². The number of halogens is 1. The van der Waals surface area contributed by atoms with Crippen molar-refractivity contribution in [1.29, 1.82) is 0 Å². The maximum Gasteiger partial charge on any atom is 0.308 e. The van der Waals surface area contributed by atoms with Crippen LogP contribution in [-0.2, 0) is 4.79 Å². The minimum Gasteiger partial charge on any atom is -0.481 e. The lowest BCUT2D eigenvalue weighted by molar-refractivity contribution is -0.143. The molecule has 1 aromatic rings. The molecule has 2 unspecified atom stereocenters. The molecule has 2 rings (SSSR count). The highest BCUT2D eigenvalue weighted by molar-refractivity contribution is 5.72. The Bertz CT molecular complexity index is 397. The Hall–Kier alpha value is -1.49. The van der Waals surface area contributed by atoms with Gasteiger partial charge in [0, 0.05) is 24.2 Å². The van der Waals surface area contributed by atoms with Gasteiger partial charge in [-0.3, -0.25) is 4.79 Å². The largest absolute Gasteiger partial charge is 0.481 e. The van der Waals surface area contributed by atoms with Gasteiger partial charge in [0.1, 0.15) is 0 Å². The van der Waals surface area contributed by atoms with Crippen molar-refractivity contribution >= 4 is 5.97 Å². The number of aromatic nitrogens is 1. The number of nitrogens with zero attached hydrogens (tertiary/aromatic N) is 1. The monoisotopic (exact) mass is 224 g/mol. The molecule has 1 aromatic heterocycles. The highest BCUT2D eigenvalue weighted by Gasteiger charge is 2.33. The van der Waals surface area contributed by atoms with Crippen LogP contribution >= 0.6 is 0 Å². The summed E-state index contributed by atoms with van der Waals surface area (Å²) in [5, 5.41) is 12.1. The van der Waals surface area contributed by atoms with E-state index in [9.17, 15) is 9.18 Å². The summed E-state index contributed by atoms with van der Waals surface area (Å²) in [5.41, 5.74) is 0.413. The van der Waals surface area contributed by atoms with Crippen LogP contribution < -0.4 is 5.32 Å². The van der Waals surface area contributed by atoms with Crippen molar-refractivity contribution in [2.24, 2.45) is 5.92 Å². The molecule has 0 radical (unpaired) electrons. The SMILES string of the molecule is O=C(O)C1CNCCC1c1cccnc1F. The van der Waals surface area contributed by atoms with Crippen LogP contribution in [-0.4, -0.2) is 29.1 Å². The second kappa shape index (κ2) is 4.57. The Morgan fingerprint density at radius 2 is 2.44 bits per heavy atom. The molecule has 1 aliphatic heterocycles. The number of nitrogens with one attached hydrogen (secondary N) is 1. The molecule has 2 N–H and O–H groups in total. The van der Waals surface area contributed by atoms with Crippen molar-refractivity contribution in [2.45, 2.75) is 12.3 Å². The second-order valence-corrected chi connectivity index (χ2v) is 3.93. The van der Waals surface area contributed by atoms with Gasteiger partial charge >= 0.3 is 5.97 Å². The van der Waals surface area contributed by atoms with E-state index < -0.39 is 17.8 Å². The Labute approximate surface area is 92.5 Å². The minimum atomic E-state index is -0.888. The van der Waals surface area contributed by atoms with E-state index in [4.69, 9.17) is 5.11 Å². The summed E-state index contributed by atoms with van der Waals surface area (Å²) in [6, 6.07) is 3.26. The third-order valence-corrected chi connectivity index (χ3v) is 2.99. The van der Waals surface area contributed by atoms with Crippen LogP contribution in [0.4, 0.5) is 4.39 Å². The highest BCUT2D eigenvalue weighted by atomic mass is 19.1. The summed E-state index contributed by atoms with van der Waals surface area (Å²) in [7, 11) is 0. The first-order valence-corrected chi connectivity index (χ1v) is 5.24. The van der Waals surface area contributed by atoms with Gasteiger partial charge in [0.2, 0.25) is 5.95 Å². The van der Waals surface area contributed by atoms with E-state index in [0.29, 0.717) is 25.1 Å². The van der Waals surface area contributed by atoms with E-state index in [1.807, 2.05) is 0 Å². The van der Waals surface area contributed by atoms with Gasteiger partial charge in [-0.05, 0) is 19.0 Å². The van der Waals surface area contributed by atoms with Crippen molar-refractivity contribution in [3.8, 4) is 0 Å². The van der Waals surface area contributed by atoms with Gasteiger partial charge in [0.05, 0.1) is 5.92 Å². The average molecular weight is 224 g/mol. The normalized spacial score (nSPS) is 25.3. The molecule has 0 spiro atoms. The summed E-state index contributed by atoms with van der Waals surface area (Å²) < 4.78 is 13.5. The molecule has 16 heavy (non-hydrogen) atoms. The number of rotatable bonds is 2. The van der Waals surface area contributed by atoms with Crippen LogP contribution in [0.25, 0.3) is 0 Å². The lowest BCUT2D eigenvalue weighted by Gasteiger charge is -2.29. The molecule has 0 saturated carbocycles. The van der Waals surface area contributed by atoms with E-state index in [1.54, 1.807) is 12.1 Å². The Balaban J connectivity index is 2.30. The molecule has 2 atom stereocenters. The van der Waals surface area contributed by atoms with Crippen molar-refractivity contribution < 1.29 is 14.3 Å². The lowest BCUT2D eigenvalue weighted by Crippen LogP contribution is -2.40. The average Bonchev–Trinajstić information content (AvgIpc) is 2.29. The second-order valence-electron chi connectivity index (χ2n) is 3.93. The van der Waals surface area contributed by atoms with Gasteiger partial charge in [-0.15, -0.1) is 0 Å². The number of carboxylic acid groups (broad SMARTS) is 1. The fraction of sp³-hybridized carbons (Fsp3) is 0.455. The van der Waals surface area contributed by atoms with Gasteiger partial charge in [-0.1, -0.05) is 6.07 Å². The van der Waals surface area contributed by atoms with E-state index in [0.717, 1.165) is 0 Å². The van der Waals surface area contributed by atoms with E-state index >= 15 is 0 Å². The molecular formula is C11H13FN2O2. The zero-order valence-electron chi connectivity index (χ0n) is 8.69. The fourth-order valence-corrected chi connectivity index (χ4v) is 2.17. The summed E-state index contributed by atoms with van der Waals surface area (Å²) in [6.07, 6.45) is 2.00. The van der Waals surface area contributed by atoms with E-state index in [-0.39, 0.29) is 5.92 Å². The van der Waals surface area contributed by atoms with Crippen molar-refractivity contribution in [2.75, 3.05) is 13.1 Å². The van der Waals surface area contributed by atoms with Crippen molar-refractivity contribution in [3.63, 3.8) is 0 Å². The third kappa shape index (κ3) is 2.04. The molecule has 0 bridgehead atoms. The predicted octanol–water partition coefficient (Wildman–Crippen LogP) is 0.998. The number of hydrogen-bond donors (Lipinski definition) is 2. The minimum absolute atomic E-state index is 0.285. The van der Waals surface area contributed by atoms with Gasteiger partial charge < -0.3 is 10.4 Å². The molecule has 0 amide bonds. The van der Waals surface area contributed by atoms with Crippen LogP contribution in [0.3, 0.4) is 0 Å². The molecule has 86 valence electrons. The number of carboxylic acids is 1. The van der Waals surface area contributed by atoms with E-state index in [2.05, 4.69) is 10.3 Å². The molecule has 1 saturated heterocycles. The van der Waals surface area contributed by atoms with Crippen LogP contribution in [0.5, 0.6) is 0 Å². The van der Waals surface area contributed by atoms with Crippen LogP contribution in [0.15, 0.2) is 18.3 Å². The Morgan fingerprint density at radius 3 is 3.12 bits per heavy atom. The third-order valence-electron chi connectivity index (χ3n) is 2.99. The topological polar surface area (TPSA) is 62.2 Å². The maximum atomic E-state index is 13.5. The molecule has 1 aliphatic rings. The molecule has 0 aromatic carbocycles. The number of aliphatic carboxylic acids is 1. The summed E-state index contributed by atoms with van der Waals surface area (Å²) in [5.74, 6) is -2.30. The zero-order valence-corrected chi connectivity index (χ0v) is 8.69. The maximum absolute atomic E-state index is 13.5.